The summed E-state index contributed by atoms with van der Waals surface area (Å²) in [6, 6.07) is 8.24. The van der Waals surface area contributed by atoms with E-state index in [9.17, 15) is 0 Å². The molecule has 0 amide bonds. The van der Waals surface area contributed by atoms with Crippen LogP contribution in [-0.4, -0.2) is 0 Å². The molecule has 1 rings (SSSR count). The molecule has 0 atom stereocenters. The van der Waals surface area contributed by atoms with Gasteiger partial charge in [0, 0.05) is 0 Å². The Balaban J connectivity index is 3.01. The molecule has 0 aromatic heterocycles. The van der Waals surface area contributed by atoms with Crippen LogP contribution in [0.2, 0.25) is 0 Å². The van der Waals surface area contributed by atoms with Crippen LogP contribution in [0.1, 0.15) is 11.1 Å². The zero-order valence-electron chi connectivity index (χ0n) is 6.83. The molecular weight excluding hydrogens is 223 g/mol. The molecule has 0 fully saturated rings. The molecule has 0 bridgehead atoms. The summed E-state index contributed by atoms with van der Waals surface area (Å²) in [4.78, 5) is 0. The molecule has 0 heterocycles. The van der Waals surface area contributed by atoms with E-state index in [-0.39, 0.29) is 0 Å². The van der Waals surface area contributed by atoms with Crippen LogP contribution in [-0.2, 0) is 36.7 Å². The SMILES string of the molecule is N/C=C/c1ccccc1C[C]#[Y]. The van der Waals surface area contributed by atoms with Crippen LogP contribution >= 0.6 is 0 Å². The summed E-state index contributed by atoms with van der Waals surface area (Å²) >= 11 is 1.08. The predicted molar refractivity (Wildman–Crippen MR) is 47.3 cm³/mol. The van der Waals surface area contributed by atoms with Gasteiger partial charge in [0.1, 0.15) is 0 Å². The monoisotopic (exact) mass is 233 g/mol. The van der Waals surface area contributed by atoms with Crippen LogP contribution in [0.15, 0.2) is 30.5 Å². The molecule has 0 saturated carbocycles. The van der Waals surface area contributed by atoms with Crippen molar-refractivity contribution in [2.75, 3.05) is 0 Å². The molecule has 2 heteroatoms. The fourth-order valence-corrected chi connectivity index (χ4v) is 1.61. The van der Waals surface area contributed by atoms with Crippen molar-refractivity contribution in [2.24, 2.45) is 5.73 Å². The average molecular weight is 233 g/mol. The van der Waals surface area contributed by atoms with E-state index in [0.29, 0.717) is 0 Å². The first-order chi connectivity index (χ1) is 5.88. The van der Waals surface area contributed by atoms with Crippen LogP contribution < -0.4 is 5.73 Å². The van der Waals surface area contributed by atoms with E-state index in [1.54, 1.807) is 6.20 Å². The van der Waals surface area contributed by atoms with Crippen molar-refractivity contribution in [2.45, 2.75) is 6.42 Å². The molecule has 0 aliphatic heterocycles. The van der Waals surface area contributed by atoms with Gasteiger partial charge in [0.05, 0.1) is 0 Å². The normalized spacial score (nSPS) is 10.2. The second-order valence-electron chi connectivity index (χ2n) is 2.44. The van der Waals surface area contributed by atoms with Crippen LogP contribution in [0.3, 0.4) is 0 Å². The quantitative estimate of drug-likeness (QED) is 0.826. The number of hydrogen-bond donors (Lipinski definition) is 1. The van der Waals surface area contributed by atoms with Gasteiger partial charge in [-0.25, -0.2) is 0 Å². The topological polar surface area (TPSA) is 26.0 Å². The van der Waals surface area contributed by atoms with Crippen LogP contribution in [0, 0.1) is 2.59 Å². The molecule has 1 aromatic rings. The van der Waals surface area contributed by atoms with Crippen molar-refractivity contribution in [3.8, 4) is 2.59 Å². The second kappa shape index (κ2) is 5.32. The van der Waals surface area contributed by atoms with E-state index in [0.717, 1.165) is 36.7 Å². The minimum absolute atomic E-state index is 0.933. The summed E-state index contributed by atoms with van der Waals surface area (Å²) in [7, 11) is 0. The fourth-order valence-electron chi connectivity index (χ4n) is 1.07. The predicted octanol–water partition coefficient (Wildman–Crippen LogP) is 1.66. The molecule has 1 aromatic carbocycles. The minimum atomic E-state index is 0.933. The summed E-state index contributed by atoms with van der Waals surface area (Å²) in [6.07, 6.45) is 4.43. The fraction of sp³-hybridized carbons (Fsp3) is 0.100. The third-order valence-electron chi connectivity index (χ3n) is 1.62. The van der Waals surface area contributed by atoms with Crippen molar-refractivity contribution < 1.29 is 30.2 Å². The molecule has 12 heavy (non-hydrogen) atoms. The molecule has 0 spiro atoms. The first-order valence-electron chi connectivity index (χ1n) is 3.78. The number of nitrogens with two attached hydrogens (primary N) is 1. The zero-order chi connectivity index (χ0) is 8.81. The average Bonchev–Trinajstić information content (AvgIpc) is 2.09. The summed E-state index contributed by atoms with van der Waals surface area (Å²) in [5.41, 5.74) is 7.83. The Kier molecular flexibility index (Phi) is 4.31. The summed E-state index contributed by atoms with van der Waals surface area (Å²) < 4.78 is 3.24. The first kappa shape index (κ1) is 9.73. The van der Waals surface area contributed by atoms with Crippen molar-refractivity contribution in [3.05, 3.63) is 41.6 Å². The Bertz CT molecular complexity index is 323. The Hall–Kier alpha value is -0.356. The molecule has 0 radical (unpaired) electrons. The van der Waals surface area contributed by atoms with Gasteiger partial charge in [-0.05, 0) is 0 Å². The molecule has 2 N–H and O–H groups in total. The van der Waals surface area contributed by atoms with Crippen molar-refractivity contribution in [3.63, 3.8) is 0 Å². The molecular formula is C10H10NY. The third-order valence-corrected chi connectivity index (χ3v) is 2.13. The molecule has 1 nitrogen and oxygen atoms in total. The maximum atomic E-state index is 5.33. The van der Waals surface area contributed by atoms with Gasteiger partial charge in [0.2, 0.25) is 0 Å². The van der Waals surface area contributed by atoms with Crippen molar-refractivity contribution >= 4 is 6.08 Å². The van der Waals surface area contributed by atoms with E-state index >= 15 is 0 Å². The van der Waals surface area contributed by atoms with Crippen LogP contribution in [0.4, 0.5) is 0 Å². The Morgan fingerprint density at radius 3 is 2.83 bits per heavy atom. The number of hydrogen-bond acceptors (Lipinski definition) is 1. The molecule has 0 saturated heterocycles. The van der Waals surface area contributed by atoms with Crippen LogP contribution in [0.5, 0.6) is 0 Å². The first-order valence-corrected chi connectivity index (χ1v) is 5.20. The van der Waals surface area contributed by atoms with Gasteiger partial charge in [-0.3, -0.25) is 0 Å². The Morgan fingerprint density at radius 1 is 1.42 bits per heavy atom. The van der Waals surface area contributed by atoms with Gasteiger partial charge in [0.25, 0.3) is 0 Å². The van der Waals surface area contributed by atoms with Gasteiger partial charge >= 0.3 is 92.6 Å². The van der Waals surface area contributed by atoms with Crippen molar-refractivity contribution in [1.82, 2.24) is 0 Å². The van der Waals surface area contributed by atoms with Gasteiger partial charge in [0.15, 0.2) is 0 Å². The number of rotatable bonds is 2. The van der Waals surface area contributed by atoms with E-state index < -0.39 is 0 Å². The molecule has 0 aliphatic rings. The van der Waals surface area contributed by atoms with E-state index in [2.05, 4.69) is 14.7 Å². The number of benzene rings is 1. The van der Waals surface area contributed by atoms with Gasteiger partial charge < -0.3 is 0 Å². The second-order valence-corrected chi connectivity index (χ2v) is 3.44. The maximum absolute atomic E-state index is 5.33. The zero-order valence-corrected chi connectivity index (χ0v) is 9.66. The van der Waals surface area contributed by atoms with Gasteiger partial charge in [-0.1, -0.05) is 0 Å². The molecule has 0 aliphatic carbocycles. The van der Waals surface area contributed by atoms with Gasteiger partial charge in [-0.15, -0.1) is 0 Å². The molecule has 0 unspecified atom stereocenters. The van der Waals surface area contributed by atoms with E-state index in [4.69, 9.17) is 5.73 Å². The molecule has 58 valence electrons. The summed E-state index contributed by atoms with van der Waals surface area (Å²) in [5, 5.41) is 0. The Labute approximate surface area is 92.1 Å². The van der Waals surface area contributed by atoms with E-state index in [1.165, 1.54) is 11.1 Å². The van der Waals surface area contributed by atoms with Gasteiger partial charge in [-0.2, -0.15) is 0 Å². The van der Waals surface area contributed by atoms with Crippen molar-refractivity contribution in [1.29, 1.82) is 0 Å². The standard InChI is InChI=1S/C10H10N.Y/c1-2-9-5-3-4-6-10(9)7-8-11;/h3-8H,2,11H2;/b8-7+;. The Morgan fingerprint density at radius 2 is 2.17 bits per heavy atom. The van der Waals surface area contributed by atoms with E-state index in [1.807, 2.05) is 18.2 Å². The van der Waals surface area contributed by atoms with Crippen LogP contribution in [0.25, 0.3) is 6.08 Å². The summed E-state index contributed by atoms with van der Waals surface area (Å²) in [5.74, 6) is 0. The summed E-state index contributed by atoms with van der Waals surface area (Å²) in [6.45, 7) is 0. The third kappa shape index (κ3) is 2.60.